The SMILES string of the molecule is Cc1nc(C2CC2C)oc1CCl. The van der Waals surface area contributed by atoms with E-state index in [0.717, 1.165) is 23.3 Å². The molecule has 1 aromatic rings. The van der Waals surface area contributed by atoms with E-state index >= 15 is 0 Å². The van der Waals surface area contributed by atoms with Crippen molar-refractivity contribution in [3.63, 3.8) is 0 Å². The summed E-state index contributed by atoms with van der Waals surface area (Å²) in [5, 5.41) is 0. The van der Waals surface area contributed by atoms with Gasteiger partial charge >= 0.3 is 0 Å². The minimum Gasteiger partial charge on any atom is -0.444 e. The Labute approximate surface area is 76.9 Å². The van der Waals surface area contributed by atoms with Crippen LogP contribution in [0, 0.1) is 12.8 Å². The molecule has 0 saturated heterocycles. The lowest BCUT2D eigenvalue weighted by molar-refractivity contribution is 0.463. The van der Waals surface area contributed by atoms with E-state index in [1.165, 1.54) is 6.42 Å². The first-order chi connectivity index (χ1) is 5.72. The maximum absolute atomic E-state index is 5.67. The van der Waals surface area contributed by atoms with E-state index in [9.17, 15) is 0 Å². The van der Waals surface area contributed by atoms with Crippen LogP contribution in [0.5, 0.6) is 0 Å². The molecule has 0 aliphatic heterocycles. The number of aromatic nitrogens is 1. The number of aryl methyl sites for hydroxylation is 1. The molecule has 12 heavy (non-hydrogen) atoms. The standard InChI is InChI=1S/C9H12ClNO/c1-5-3-7(5)9-11-6(2)8(4-10)12-9/h5,7H,3-4H2,1-2H3. The molecule has 1 aliphatic rings. The van der Waals surface area contributed by atoms with Crippen molar-refractivity contribution >= 4 is 11.6 Å². The molecule has 0 bridgehead atoms. The molecule has 2 nitrogen and oxygen atoms in total. The van der Waals surface area contributed by atoms with Crippen molar-refractivity contribution in [2.75, 3.05) is 0 Å². The van der Waals surface area contributed by atoms with Gasteiger partial charge in [-0.05, 0) is 19.3 Å². The molecule has 0 aromatic carbocycles. The van der Waals surface area contributed by atoms with Crippen molar-refractivity contribution in [1.29, 1.82) is 0 Å². The van der Waals surface area contributed by atoms with E-state index in [4.69, 9.17) is 16.0 Å². The number of nitrogens with zero attached hydrogens (tertiary/aromatic N) is 1. The largest absolute Gasteiger partial charge is 0.444 e. The van der Waals surface area contributed by atoms with Crippen molar-refractivity contribution in [2.24, 2.45) is 5.92 Å². The van der Waals surface area contributed by atoms with Crippen LogP contribution in [-0.2, 0) is 5.88 Å². The van der Waals surface area contributed by atoms with Gasteiger partial charge in [0.05, 0.1) is 11.6 Å². The van der Waals surface area contributed by atoms with E-state index in [2.05, 4.69) is 11.9 Å². The molecule has 0 spiro atoms. The molecule has 0 N–H and O–H groups in total. The molecule has 66 valence electrons. The number of hydrogen-bond acceptors (Lipinski definition) is 2. The minimum atomic E-state index is 0.430. The fourth-order valence-electron chi connectivity index (χ4n) is 1.40. The van der Waals surface area contributed by atoms with Crippen molar-refractivity contribution in [2.45, 2.75) is 32.1 Å². The first-order valence-electron chi connectivity index (χ1n) is 4.24. The van der Waals surface area contributed by atoms with E-state index in [1.807, 2.05) is 6.92 Å². The highest BCUT2D eigenvalue weighted by Gasteiger charge is 2.38. The number of hydrogen-bond donors (Lipinski definition) is 0. The van der Waals surface area contributed by atoms with Gasteiger partial charge in [-0.15, -0.1) is 11.6 Å². The monoisotopic (exact) mass is 185 g/mol. The summed E-state index contributed by atoms with van der Waals surface area (Å²) in [7, 11) is 0. The van der Waals surface area contributed by atoms with Gasteiger partial charge in [0.1, 0.15) is 5.76 Å². The second-order valence-electron chi connectivity index (χ2n) is 3.51. The maximum atomic E-state index is 5.67. The predicted molar refractivity (Wildman–Crippen MR) is 47.3 cm³/mol. The Hall–Kier alpha value is -0.500. The minimum absolute atomic E-state index is 0.430. The van der Waals surface area contributed by atoms with Gasteiger partial charge in [-0.25, -0.2) is 4.98 Å². The zero-order valence-corrected chi connectivity index (χ0v) is 8.06. The molecule has 0 amide bonds. The Morgan fingerprint density at radius 2 is 2.33 bits per heavy atom. The summed E-state index contributed by atoms with van der Waals surface area (Å²) in [6, 6.07) is 0. The first-order valence-corrected chi connectivity index (χ1v) is 4.78. The van der Waals surface area contributed by atoms with Gasteiger partial charge in [-0.1, -0.05) is 6.92 Å². The Morgan fingerprint density at radius 1 is 1.67 bits per heavy atom. The summed E-state index contributed by atoms with van der Waals surface area (Å²) < 4.78 is 5.51. The second-order valence-corrected chi connectivity index (χ2v) is 3.78. The smallest absolute Gasteiger partial charge is 0.198 e. The molecule has 1 saturated carbocycles. The number of alkyl halides is 1. The van der Waals surface area contributed by atoms with Crippen LogP contribution in [-0.4, -0.2) is 4.98 Å². The van der Waals surface area contributed by atoms with Gasteiger partial charge in [0.15, 0.2) is 5.89 Å². The van der Waals surface area contributed by atoms with Crippen LogP contribution < -0.4 is 0 Å². The summed E-state index contributed by atoms with van der Waals surface area (Å²) in [6.45, 7) is 4.16. The number of oxazole rings is 1. The molecule has 2 atom stereocenters. The van der Waals surface area contributed by atoms with E-state index in [0.29, 0.717) is 11.8 Å². The average Bonchev–Trinajstić information content (AvgIpc) is 2.63. The summed E-state index contributed by atoms with van der Waals surface area (Å²) >= 11 is 5.67. The van der Waals surface area contributed by atoms with E-state index in [1.54, 1.807) is 0 Å². The Kier molecular flexibility index (Phi) is 1.87. The molecule has 1 aromatic heterocycles. The second kappa shape index (κ2) is 2.77. The van der Waals surface area contributed by atoms with Gasteiger partial charge in [0.2, 0.25) is 0 Å². The number of rotatable bonds is 2. The highest BCUT2D eigenvalue weighted by Crippen LogP contribution is 2.46. The zero-order valence-electron chi connectivity index (χ0n) is 7.30. The Balaban J connectivity index is 2.23. The summed E-state index contributed by atoms with van der Waals surface area (Å²) in [6.07, 6.45) is 1.21. The first kappa shape index (κ1) is 8.11. The van der Waals surface area contributed by atoms with Crippen LogP contribution in [0.15, 0.2) is 4.42 Å². The third-order valence-electron chi connectivity index (χ3n) is 2.46. The highest BCUT2D eigenvalue weighted by atomic mass is 35.5. The molecule has 3 heteroatoms. The van der Waals surface area contributed by atoms with Gasteiger partial charge < -0.3 is 4.42 Å². The van der Waals surface area contributed by atoms with Crippen molar-refractivity contribution in [3.8, 4) is 0 Å². The fraction of sp³-hybridized carbons (Fsp3) is 0.667. The van der Waals surface area contributed by atoms with E-state index in [-0.39, 0.29) is 0 Å². The average molecular weight is 186 g/mol. The molecule has 0 radical (unpaired) electrons. The summed E-state index contributed by atoms with van der Waals surface area (Å²) in [5.41, 5.74) is 0.944. The van der Waals surface area contributed by atoms with Crippen molar-refractivity contribution < 1.29 is 4.42 Å². The Bertz CT molecular complexity index is 295. The van der Waals surface area contributed by atoms with Crippen LogP contribution in [0.4, 0.5) is 0 Å². The number of halogens is 1. The topological polar surface area (TPSA) is 26.0 Å². The third-order valence-corrected chi connectivity index (χ3v) is 2.70. The van der Waals surface area contributed by atoms with Gasteiger partial charge in [-0.2, -0.15) is 0 Å². The maximum Gasteiger partial charge on any atom is 0.198 e. The molecule has 1 aliphatic carbocycles. The lowest BCUT2D eigenvalue weighted by atomic mass is 10.3. The van der Waals surface area contributed by atoms with Gasteiger partial charge in [0.25, 0.3) is 0 Å². The van der Waals surface area contributed by atoms with Crippen LogP contribution in [0.25, 0.3) is 0 Å². The third kappa shape index (κ3) is 1.24. The van der Waals surface area contributed by atoms with E-state index < -0.39 is 0 Å². The lowest BCUT2D eigenvalue weighted by Gasteiger charge is -1.87. The quantitative estimate of drug-likeness (QED) is 0.663. The molecule has 1 fully saturated rings. The molecule has 1 heterocycles. The van der Waals surface area contributed by atoms with Crippen LogP contribution in [0.1, 0.15) is 36.6 Å². The van der Waals surface area contributed by atoms with Crippen LogP contribution in [0.3, 0.4) is 0 Å². The van der Waals surface area contributed by atoms with Crippen molar-refractivity contribution in [1.82, 2.24) is 4.98 Å². The van der Waals surface area contributed by atoms with Crippen LogP contribution >= 0.6 is 11.6 Å². The zero-order chi connectivity index (χ0) is 8.72. The van der Waals surface area contributed by atoms with Crippen LogP contribution in [0.2, 0.25) is 0 Å². The lowest BCUT2D eigenvalue weighted by Crippen LogP contribution is -1.80. The molecule has 2 rings (SSSR count). The fourth-order valence-corrected chi connectivity index (χ4v) is 1.65. The summed E-state index contributed by atoms with van der Waals surface area (Å²) in [5.74, 6) is 3.44. The molecular formula is C9H12ClNO. The van der Waals surface area contributed by atoms with Gasteiger partial charge in [-0.3, -0.25) is 0 Å². The molecular weight excluding hydrogens is 174 g/mol. The normalized spacial score (nSPS) is 27.6. The van der Waals surface area contributed by atoms with Gasteiger partial charge in [0, 0.05) is 5.92 Å². The molecule has 2 unspecified atom stereocenters. The highest BCUT2D eigenvalue weighted by molar-refractivity contribution is 6.16. The Morgan fingerprint density at radius 3 is 2.75 bits per heavy atom. The van der Waals surface area contributed by atoms with Crippen molar-refractivity contribution in [3.05, 3.63) is 17.3 Å². The predicted octanol–water partition coefficient (Wildman–Crippen LogP) is 2.85. The summed E-state index contributed by atoms with van der Waals surface area (Å²) in [4.78, 5) is 4.34.